The number of aliphatic hydroxyl groups is 1. The van der Waals surface area contributed by atoms with Crippen LogP contribution < -0.4 is 4.74 Å². The molecule has 0 fully saturated rings. The van der Waals surface area contributed by atoms with E-state index in [9.17, 15) is 35.1 Å². The third-order valence-electron chi connectivity index (χ3n) is 6.78. The second-order valence-electron chi connectivity index (χ2n) is 9.69. The van der Waals surface area contributed by atoms with Crippen LogP contribution in [-0.2, 0) is 12.5 Å². The first-order valence-corrected chi connectivity index (χ1v) is 12.9. The SMILES string of the molecule is OCCc1ccc(-c2ccc(-c3cc(F)c(C(F)(F)Oc4ccc(-c5cc(F)c(F)c(F)c5)c(F)c4)c(F)c3)c(F)c2)cc1. The van der Waals surface area contributed by atoms with Crippen LogP contribution in [0.15, 0.2) is 84.9 Å². The predicted molar refractivity (Wildman–Crippen MR) is 144 cm³/mol. The lowest BCUT2D eigenvalue weighted by atomic mass is 9.97. The summed E-state index contributed by atoms with van der Waals surface area (Å²) >= 11 is 0. The van der Waals surface area contributed by atoms with Crippen molar-refractivity contribution >= 4 is 0 Å². The van der Waals surface area contributed by atoms with E-state index in [4.69, 9.17) is 5.11 Å². The van der Waals surface area contributed by atoms with Gasteiger partial charge in [0.1, 0.15) is 34.6 Å². The highest BCUT2D eigenvalue weighted by Gasteiger charge is 2.41. The fraction of sp³-hybridized carbons (Fsp3) is 0.0909. The van der Waals surface area contributed by atoms with E-state index in [-0.39, 0.29) is 17.7 Å². The number of hydrogen-bond donors (Lipinski definition) is 1. The number of aliphatic hydroxyl groups excluding tert-OH is 1. The maximum atomic E-state index is 15.0. The number of halogens is 9. The Bertz CT molecular complexity index is 1810. The highest BCUT2D eigenvalue weighted by Crippen LogP contribution is 2.39. The Labute approximate surface area is 244 Å². The molecule has 0 radical (unpaired) electrons. The third-order valence-corrected chi connectivity index (χ3v) is 6.78. The van der Waals surface area contributed by atoms with Crippen LogP contribution in [-0.4, -0.2) is 11.7 Å². The minimum absolute atomic E-state index is 0.0380. The molecule has 0 saturated carbocycles. The lowest BCUT2D eigenvalue weighted by Gasteiger charge is -2.20. The van der Waals surface area contributed by atoms with Crippen LogP contribution in [0.3, 0.4) is 0 Å². The summed E-state index contributed by atoms with van der Waals surface area (Å²) in [4.78, 5) is 0. The van der Waals surface area contributed by atoms with E-state index in [0.717, 1.165) is 23.8 Å². The number of hydrogen-bond acceptors (Lipinski definition) is 2. The molecule has 0 aliphatic rings. The largest absolute Gasteiger partial charge is 0.432 e. The van der Waals surface area contributed by atoms with Gasteiger partial charge < -0.3 is 9.84 Å². The molecule has 5 aromatic carbocycles. The summed E-state index contributed by atoms with van der Waals surface area (Å²) in [6.07, 6.45) is -4.24. The highest BCUT2D eigenvalue weighted by atomic mass is 19.3. The number of alkyl halides is 2. The van der Waals surface area contributed by atoms with Crippen LogP contribution in [0.5, 0.6) is 5.75 Å². The second kappa shape index (κ2) is 12.1. The number of ether oxygens (including phenoxy) is 1. The molecular formula is C33H19F9O2. The Hall–Kier alpha value is -4.77. The molecule has 0 spiro atoms. The second-order valence-corrected chi connectivity index (χ2v) is 9.69. The lowest BCUT2D eigenvalue weighted by Crippen LogP contribution is -2.25. The fourth-order valence-electron chi connectivity index (χ4n) is 4.63. The van der Waals surface area contributed by atoms with Crippen molar-refractivity contribution in [1.29, 1.82) is 0 Å². The van der Waals surface area contributed by atoms with E-state index in [2.05, 4.69) is 4.74 Å². The van der Waals surface area contributed by atoms with Crippen molar-refractivity contribution in [3.63, 3.8) is 0 Å². The molecule has 0 unspecified atom stereocenters. The van der Waals surface area contributed by atoms with Gasteiger partial charge in [-0.25, -0.2) is 30.7 Å². The Morgan fingerprint density at radius 3 is 1.52 bits per heavy atom. The average molecular weight is 618 g/mol. The van der Waals surface area contributed by atoms with Gasteiger partial charge in [0.15, 0.2) is 17.5 Å². The Kier molecular flexibility index (Phi) is 8.42. The number of benzene rings is 5. The van der Waals surface area contributed by atoms with E-state index in [1.807, 2.05) is 0 Å². The first-order valence-electron chi connectivity index (χ1n) is 12.9. The zero-order chi connectivity index (χ0) is 31.8. The summed E-state index contributed by atoms with van der Waals surface area (Å²) in [6.45, 7) is -0.0380. The molecule has 0 saturated heterocycles. The van der Waals surface area contributed by atoms with E-state index in [1.54, 1.807) is 24.3 Å². The summed E-state index contributed by atoms with van der Waals surface area (Å²) in [5.74, 6) is -11.6. The third kappa shape index (κ3) is 6.14. The quantitative estimate of drug-likeness (QED) is 0.139. The molecular weight excluding hydrogens is 599 g/mol. The molecule has 44 heavy (non-hydrogen) atoms. The molecule has 0 aliphatic carbocycles. The predicted octanol–water partition coefficient (Wildman–Crippen LogP) is 9.32. The molecule has 2 nitrogen and oxygen atoms in total. The molecule has 0 amide bonds. The van der Waals surface area contributed by atoms with Crippen molar-refractivity contribution in [1.82, 2.24) is 0 Å². The van der Waals surface area contributed by atoms with Crippen molar-refractivity contribution < 1.29 is 49.4 Å². The Morgan fingerprint density at radius 1 is 0.523 bits per heavy atom. The fourth-order valence-corrected chi connectivity index (χ4v) is 4.63. The smallest absolute Gasteiger partial charge is 0.429 e. The zero-order valence-electron chi connectivity index (χ0n) is 22.3. The minimum Gasteiger partial charge on any atom is -0.429 e. The van der Waals surface area contributed by atoms with Gasteiger partial charge in [0.05, 0.1) is 0 Å². The van der Waals surface area contributed by atoms with Crippen molar-refractivity contribution in [2.45, 2.75) is 12.5 Å². The maximum absolute atomic E-state index is 15.0. The minimum atomic E-state index is -4.68. The molecule has 1 N–H and O–H groups in total. The van der Waals surface area contributed by atoms with Gasteiger partial charge in [-0.1, -0.05) is 36.4 Å². The number of rotatable bonds is 8. The standard InChI is InChI=1S/C33H19F9O2/c34-25-11-19(18-3-1-17(2-4-18)9-10-43)5-7-23(25)20-12-27(36)31(28(37)13-20)33(41,42)44-22-6-8-24(26(35)16-22)21-14-29(38)32(40)30(39)15-21/h1-8,11-16,43H,9-10H2. The van der Waals surface area contributed by atoms with Gasteiger partial charge in [0, 0.05) is 23.8 Å². The highest BCUT2D eigenvalue weighted by molar-refractivity contribution is 5.71. The molecule has 0 atom stereocenters. The maximum Gasteiger partial charge on any atom is 0.432 e. The monoisotopic (exact) mass is 618 g/mol. The van der Waals surface area contributed by atoms with Crippen LogP contribution in [0, 0.1) is 40.7 Å². The topological polar surface area (TPSA) is 29.5 Å². The van der Waals surface area contributed by atoms with Crippen LogP contribution in [0.25, 0.3) is 33.4 Å². The molecule has 226 valence electrons. The van der Waals surface area contributed by atoms with Crippen LogP contribution >= 0.6 is 0 Å². The van der Waals surface area contributed by atoms with Gasteiger partial charge in [0.2, 0.25) is 0 Å². The summed E-state index contributed by atoms with van der Waals surface area (Å²) < 4.78 is 134. The van der Waals surface area contributed by atoms with Gasteiger partial charge in [-0.05, 0) is 76.7 Å². The van der Waals surface area contributed by atoms with Gasteiger partial charge in [-0.2, -0.15) is 8.78 Å². The van der Waals surface area contributed by atoms with Gasteiger partial charge >= 0.3 is 6.11 Å². The van der Waals surface area contributed by atoms with E-state index in [0.29, 0.717) is 47.9 Å². The summed E-state index contributed by atoms with van der Waals surface area (Å²) in [5, 5.41) is 9.03. The van der Waals surface area contributed by atoms with Crippen molar-refractivity contribution in [2.24, 2.45) is 0 Å². The summed E-state index contributed by atoms with van der Waals surface area (Å²) in [5.41, 5.74) is -1.49. The van der Waals surface area contributed by atoms with Gasteiger partial charge in [0.25, 0.3) is 0 Å². The normalized spacial score (nSPS) is 11.6. The van der Waals surface area contributed by atoms with Crippen molar-refractivity contribution in [3.8, 4) is 39.1 Å². The van der Waals surface area contributed by atoms with Crippen LogP contribution in [0.2, 0.25) is 0 Å². The molecule has 0 aliphatic heterocycles. The summed E-state index contributed by atoms with van der Waals surface area (Å²) in [7, 11) is 0. The van der Waals surface area contributed by atoms with Crippen LogP contribution in [0.4, 0.5) is 39.5 Å². The van der Waals surface area contributed by atoms with Gasteiger partial charge in [-0.3, -0.25) is 0 Å². The van der Waals surface area contributed by atoms with Gasteiger partial charge in [-0.15, -0.1) is 0 Å². The Balaban J connectivity index is 1.39. The molecule has 0 heterocycles. The zero-order valence-corrected chi connectivity index (χ0v) is 22.3. The Morgan fingerprint density at radius 2 is 1.00 bits per heavy atom. The molecule has 0 bridgehead atoms. The average Bonchev–Trinajstić information content (AvgIpc) is 2.95. The molecule has 5 aromatic rings. The van der Waals surface area contributed by atoms with Crippen LogP contribution in [0.1, 0.15) is 11.1 Å². The first kappa shape index (κ1) is 30.7. The molecule has 5 rings (SSSR count). The molecule has 0 aromatic heterocycles. The van der Waals surface area contributed by atoms with Crippen molar-refractivity contribution in [3.05, 3.63) is 137 Å². The van der Waals surface area contributed by atoms with Crippen molar-refractivity contribution in [2.75, 3.05) is 6.61 Å². The summed E-state index contributed by atoms with van der Waals surface area (Å²) in [6, 6.07) is 14.7. The molecule has 11 heteroatoms. The van der Waals surface area contributed by atoms with E-state index < -0.39 is 69.3 Å². The van der Waals surface area contributed by atoms with E-state index >= 15 is 4.39 Å². The first-order chi connectivity index (χ1) is 20.9. The van der Waals surface area contributed by atoms with E-state index in [1.165, 1.54) is 12.1 Å². The lowest BCUT2D eigenvalue weighted by molar-refractivity contribution is -0.189.